The zero-order valence-corrected chi connectivity index (χ0v) is 10.4. The first-order chi connectivity index (χ1) is 7.53. The first-order valence-corrected chi connectivity index (χ1v) is 5.66. The molecule has 0 saturated heterocycles. The minimum Gasteiger partial charge on any atom is -0.394 e. The Labute approximate surface area is 97.3 Å². The van der Waals surface area contributed by atoms with Crippen LogP contribution >= 0.6 is 0 Å². The molecule has 0 fully saturated rings. The fraction of sp³-hybridized carbons (Fsp3) is 0.909. The van der Waals surface area contributed by atoms with Crippen molar-refractivity contribution in [3.8, 4) is 0 Å². The van der Waals surface area contributed by atoms with Crippen LogP contribution in [-0.4, -0.2) is 43.4 Å². The fourth-order valence-electron chi connectivity index (χ4n) is 1.50. The Kier molecular flexibility index (Phi) is 8.15. The van der Waals surface area contributed by atoms with E-state index in [4.69, 9.17) is 15.6 Å². The standard InChI is InChI=1S/C11H24N2O3/c1-8(2)4-9(7-14)13-11(15)5-10(6-12)16-3/h8-10,14H,4-7,12H2,1-3H3,(H,13,15). The Morgan fingerprint density at radius 2 is 2.12 bits per heavy atom. The van der Waals surface area contributed by atoms with Gasteiger partial charge in [-0.05, 0) is 12.3 Å². The van der Waals surface area contributed by atoms with E-state index >= 15 is 0 Å². The van der Waals surface area contributed by atoms with Crippen LogP contribution in [0.15, 0.2) is 0 Å². The van der Waals surface area contributed by atoms with E-state index < -0.39 is 0 Å². The molecular formula is C11H24N2O3. The number of aliphatic hydroxyl groups is 1. The SMILES string of the molecule is COC(CN)CC(=O)NC(CO)CC(C)C. The van der Waals surface area contributed by atoms with Crippen molar-refractivity contribution in [2.75, 3.05) is 20.3 Å². The van der Waals surface area contributed by atoms with Gasteiger partial charge < -0.3 is 20.9 Å². The number of nitrogens with one attached hydrogen (secondary N) is 1. The highest BCUT2D eigenvalue weighted by atomic mass is 16.5. The molecule has 0 spiro atoms. The maximum atomic E-state index is 11.6. The average molecular weight is 232 g/mol. The molecule has 0 aliphatic heterocycles. The van der Waals surface area contributed by atoms with Gasteiger partial charge in [-0.25, -0.2) is 0 Å². The summed E-state index contributed by atoms with van der Waals surface area (Å²) in [7, 11) is 1.53. The predicted molar refractivity (Wildman–Crippen MR) is 62.9 cm³/mol. The number of methoxy groups -OCH3 is 1. The molecule has 0 saturated carbocycles. The molecule has 2 unspecified atom stereocenters. The highest BCUT2D eigenvalue weighted by molar-refractivity contribution is 5.76. The number of nitrogens with two attached hydrogens (primary N) is 1. The van der Waals surface area contributed by atoms with E-state index in [1.807, 2.05) is 13.8 Å². The van der Waals surface area contributed by atoms with Gasteiger partial charge in [-0.1, -0.05) is 13.8 Å². The van der Waals surface area contributed by atoms with Crippen molar-refractivity contribution in [2.24, 2.45) is 11.7 Å². The number of hydrogen-bond donors (Lipinski definition) is 3. The molecule has 0 aromatic carbocycles. The lowest BCUT2D eigenvalue weighted by atomic mass is 10.0. The van der Waals surface area contributed by atoms with E-state index in [-0.39, 0.29) is 31.1 Å². The Hall–Kier alpha value is -0.650. The zero-order valence-electron chi connectivity index (χ0n) is 10.4. The van der Waals surface area contributed by atoms with Crippen LogP contribution in [0.4, 0.5) is 0 Å². The number of ether oxygens (including phenoxy) is 1. The van der Waals surface area contributed by atoms with Crippen molar-refractivity contribution in [3.63, 3.8) is 0 Å². The largest absolute Gasteiger partial charge is 0.394 e. The smallest absolute Gasteiger partial charge is 0.222 e. The zero-order chi connectivity index (χ0) is 12.6. The maximum Gasteiger partial charge on any atom is 0.222 e. The van der Waals surface area contributed by atoms with Gasteiger partial charge in [0.25, 0.3) is 0 Å². The number of rotatable bonds is 8. The third-order valence-electron chi connectivity index (χ3n) is 2.35. The maximum absolute atomic E-state index is 11.6. The minimum absolute atomic E-state index is 0.0375. The van der Waals surface area contributed by atoms with Crippen LogP contribution in [0.25, 0.3) is 0 Å². The lowest BCUT2D eigenvalue weighted by Crippen LogP contribution is -2.41. The molecule has 16 heavy (non-hydrogen) atoms. The van der Waals surface area contributed by atoms with E-state index in [1.165, 1.54) is 7.11 Å². The highest BCUT2D eigenvalue weighted by Crippen LogP contribution is 2.05. The first-order valence-electron chi connectivity index (χ1n) is 5.66. The second-order valence-electron chi connectivity index (χ2n) is 4.37. The van der Waals surface area contributed by atoms with Gasteiger partial charge in [0.05, 0.1) is 25.2 Å². The molecule has 0 aromatic heterocycles. The third kappa shape index (κ3) is 6.76. The van der Waals surface area contributed by atoms with Crippen molar-refractivity contribution < 1.29 is 14.6 Å². The Morgan fingerprint density at radius 3 is 2.50 bits per heavy atom. The monoisotopic (exact) mass is 232 g/mol. The average Bonchev–Trinajstić information content (AvgIpc) is 2.24. The predicted octanol–water partition coefficient (Wildman–Crippen LogP) is -0.127. The molecule has 96 valence electrons. The second kappa shape index (κ2) is 8.50. The first kappa shape index (κ1) is 15.3. The summed E-state index contributed by atoms with van der Waals surface area (Å²) < 4.78 is 5.02. The van der Waals surface area contributed by atoms with E-state index in [1.54, 1.807) is 0 Å². The second-order valence-corrected chi connectivity index (χ2v) is 4.37. The number of carbonyl (C=O) groups is 1. The number of amides is 1. The molecule has 0 radical (unpaired) electrons. The van der Waals surface area contributed by atoms with Crippen LogP contribution in [0, 0.1) is 5.92 Å². The normalized spacial score (nSPS) is 14.9. The van der Waals surface area contributed by atoms with Crippen LogP contribution in [0.2, 0.25) is 0 Å². The summed E-state index contributed by atoms with van der Waals surface area (Å²) in [6.07, 6.45) is 0.753. The van der Waals surface area contributed by atoms with Crippen molar-refractivity contribution in [2.45, 2.75) is 38.8 Å². The van der Waals surface area contributed by atoms with Crippen LogP contribution in [-0.2, 0) is 9.53 Å². The summed E-state index contributed by atoms with van der Waals surface area (Å²) in [6.45, 7) is 4.38. The summed E-state index contributed by atoms with van der Waals surface area (Å²) in [5.74, 6) is 0.308. The number of aliphatic hydroxyl groups excluding tert-OH is 1. The van der Waals surface area contributed by atoms with Crippen molar-refractivity contribution in [3.05, 3.63) is 0 Å². The topological polar surface area (TPSA) is 84.6 Å². The Morgan fingerprint density at radius 1 is 1.50 bits per heavy atom. The van der Waals surface area contributed by atoms with E-state index in [0.29, 0.717) is 12.5 Å². The minimum atomic E-state index is -0.251. The van der Waals surface area contributed by atoms with Crippen LogP contribution < -0.4 is 11.1 Å². The van der Waals surface area contributed by atoms with E-state index in [2.05, 4.69) is 5.32 Å². The molecule has 0 aromatic rings. The highest BCUT2D eigenvalue weighted by Gasteiger charge is 2.16. The molecule has 2 atom stereocenters. The van der Waals surface area contributed by atoms with Gasteiger partial charge >= 0.3 is 0 Å². The van der Waals surface area contributed by atoms with Gasteiger partial charge in [0.1, 0.15) is 0 Å². The third-order valence-corrected chi connectivity index (χ3v) is 2.35. The summed E-state index contributed by atoms with van der Waals surface area (Å²) in [4.78, 5) is 11.6. The van der Waals surface area contributed by atoms with Gasteiger partial charge in [0, 0.05) is 13.7 Å². The molecule has 5 nitrogen and oxygen atoms in total. The lowest BCUT2D eigenvalue weighted by Gasteiger charge is -2.20. The molecule has 4 N–H and O–H groups in total. The van der Waals surface area contributed by atoms with E-state index in [0.717, 1.165) is 6.42 Å². The fourth-order valence-corrected chi connectivity index (χ4v) is 1.50. The summed E-state index contributed by atoms with van der Waals surface area (Å²) >= 11 is 0. The van der Waals surface area contributed by atoms with Crippen LogP contribution in [0.1, 0.15) is 26.7 Å². The summed E-state index contributed by atoms with van der Waals surface area (Å²) in [6, 6.07) is -0.178. The van der Waals surface area contributed by atoms with Crippen molar-refractivity contribution in [1.82, 2.24) is 5.32 Å². The number of hydrogen-bond acceptors (Lipinski definition) is 4. The van der Waals surface area contributed by atoms with Gasteiger partial charge in [0.2, 0.25) is 5.91 Å². The molecule has 1 amide bonds. The Bertz CT molecular complexity index is 194. The molecule has 0 aliphatic rings. The Balaban J connectivity index is 3.99. The molecule has 5 heteroatoms. The molecule has 0 heterocycles. The quantitative estimate of drug-likeness (QED) is 0.544. The molecular weight excluding hydrogens is 208 g/mol. The summed E-state index contributed by atoms with van der Waals surface area (Å²) in [5.41, 5.74) is 5.42. The molecule has 0 bridgehead atoms. The van der Waals surface area contributed by atoms with Crippen LogP contribution in [0.5, 0.6) is 0 Å². The molecule has 0 rings (SSSR count). The van der Waals surface area contributed by atoms with Gasteiger partial charge in [-0.3, -0.25) is 4.79 Å². The van der Waals surface area contributed by atoms with Gasteiger partial charge in [-0.15, -0.1) is 0 Å². The van der Waals surface area contributed by atoms with Crippen molar-refractivity contribution >= 4 is 5.91 Å². The number of carbonyl (C=O) groups excluding carboxylic acids is 1. The van der Waals surface area contributed by atoms with Gasteiger partial charge in [-0.2, -0.15) is 0 Å². The van der Waals surface area contributed by atoms with Gasteiger partial charge in [0.15, 0.2) is 0 Å². The lowest BCUT2D eigenvalue weighted by molar-refractivity contribution is -0.124. The molecule has 0 aliphatic carbocycles. The van der Waals surface area contributed by atoms with Crippen molar-refractivity contribution in [1.29, 1.82) is 0 Å². The van der Waals surface area contributed by atoms with E-state index in [9.17, 15) is 4.79 Å². The van der Waals surface area contributed by atoms with Crippen LogP contribution in [0.3, 0.4) is 0 Å². The summed E-state index contributed by atoms with van der Waals surface area (Å²) in [5, 5.41) is 11.9.